The predicted molar refractivity (Wildman–Crippen MR) is 67.1 cm³/mol. The van der Waals surface area contributed by atoms with Gasteiger partial charge in [-0.25, -0.2) is 9.18 Å². The zero-order chi connectivity index (χ0) is 14.0. The minimum absolute atomic E-state index is 0.252. The lowest BCUT2D eigenvalue weighted by Gasteiger charge is -2.11. The number of aromatic nitrogens is 1. The van der Waals surface area contributed by atoms with Gasteiger partial charge in [-0.1, -0.05) is 6.92 Å². The lowest BCUT2D eigenvalue weighted by Crippen LogP contribution is -2.38. The Bertz CT molecular complexity index is 623. The second-order valence-corrected chi connectivity index (χ2v) is 4.05. The number of aryl methyl sites for hydroxylation is 1. The number of benzene rings is 1. The second kappa shape index (κ2) is 5.06. The van der Waals surface area contributed by atoms with E-state index in [9.17, 15) is 14.4 Å². The van der Waals surface area contributed by atoms with E-state index in [1.165, 1.54) is 30.3 Å². The molecule has 0 bridgehead atoms. The Balaban J connectivity index is 2.69. The zero-order valence-electron chi connectivity index (χ0n) is 10.3. The van der Waals surface area contributed by atoms with Gasteiger partial charge in [-0.15, -0.1) is 0 Å². The Morgan fingerprint density at radius 1 is 1.26 bits per heavy atom. The molecule has 0 aliphatic rings. The standard InChI is InChI=1S/C14H12FNO3/c1-2-9-5-8-12(14(17)18)16(19)13(9)10-3-6-11(15)7-4-10/h3-8H,2H2,1H3,(H,17,18). The number of carboxylic acids is 1. The van der Waals surface area contributed by atoms with E-state index in [-0.39, 0.29) is 11.4 Å². The van der Waals surface area contributed by atoms with Crippen LogP contribution >= 0.6 is 0 Å². The molecule has 1 N–H and O–H groups in total. The van der Waals surface area contributed by atoms with E-state index in [1.54, 1.807) is 6.07 Å². The molecule has 0 saturated carbocycles. The molecule has 0 fully saturated rings. The van der Waals surface area contributed by atoms with E-state index < -0.39 is 11.8 Å². The fourth-order valence-electron chi connectivity index (χ4n) is 1.93. The average Bonchev–Trinajstić information content (AvgIpc) is 2.39. The topological polar surface area (TPSA) is 64.2 Å². The van der Waals surface area contributed by atoms with Crippen LogP contribution in [0.1, 0.15) is 23.0 Å². The largest absolute Gasteiger partial charge is 0.618 e. The van der Waals surface area contributed by atoms with Gasteiger partial charge in [-0.2, -0.15) is 4.73 Å². The number of pyridine rings is 1. The zero-order valence-corrected chi connectivity index (χ0v) is 10.3. The third kappa shape index (κ3) is 2.40. The van der Waals surface area contributed by atoms with Gasteiger partial charge >= 0.3 is 11.7 Å². The van der Waals surface area contributed by atoms with Gasteiger partial charge in [0.2, 0.25) is 5.69 Å². The summed E-state index contributed by atoms with van der Waals surface area (Å²) in [5.74, 6) is -1.70. The monoisotopic (exact) mass is 261 g/mol. The minimum atomic E-state index is -1.29. The van der Waals surface area contributed by atoms with Crippen LogP contribution < -0.4 is 4.73 Å². The van der Waals surface area contributed by atoms with Crippen LogP contribution in [0, 0.1) is 11.0 Å². The first-order chi connectivity index (χ1) is 9.04. The summed E-state index contributed by atoms with van der Waals surface area (Å²) in [5, 5.41) is 21.1. The predicted octanol–water partition coefficient (Wildman–Crippen LogP) is 2.39. The lowest BCUT2D eigenvalue weighted by molar-refractivity contribution is -0.597. The summed E-state index contributed by atoms with van der Waals surface area (Å²) >= 11 is 0. The first-order valence-electron chi connectivity index (χ1n) is 5.79. The number of hydrogen-bond acceptors (Lipinski definition) is 2. The number of rotatable bonds is 3. The number of halogens is 1. The highest BCUT2D eigenvalue weighted by Crippen LogP contribution is 2.21. The van der Waals surface area contributed by atoms with Gasteiger partial charge < -0.3 is 10.3 Å². The highest BCUT2D eigenvalue weighted by molar-refractivity contribution is 5.84. The van der Waals surface area contributed by atoms with Crippen LogP contribution in [0.2, 0.25) is 0 Å². The van der Waals surface area contributed by atoms with Crippen LogP contribution in [0.25, 0.3) is 11.3 Å². The average molecular weight is 261 g/mol. The molecule has 2 aromatic rings. The van der Waals surface area contributed by atoms with Crippen molar-refractivity contribution in [3.8, 4) is 11.3 Å². The molecule has 2 rings (SSSR count). The lowest BCUT2D eigenvalue weighted by atomic mass is 10.0. The number of aromatic carboxylic acids is 1. The van der Waals surface area contributed by atoms with Crippen molar-refractivity contribution in [2.24, 2.45) is 0 Å². The summed E-state index contributed by atoms with van der Waals surface area (Å²) in [5.41, 5.74) is 1.11. The number of carboxylic acid groups (broad SMARTS) is 1. The van der Waals surface area contributed by atoms with Crippen molar-refractivity contribution in [1.82, 2.24) is 0 Å². The summed E-state index contributed by atoms with van der Waals surface area (Å²) in [4.78, 5) is 11.0. The smallest absolute Gasteiger partial charge is 0.402 e. The molecular weight excluding hydrogens is 249 g/mol. The Labute approximate surface area is 109 Å². The van der Waals surface area contributed by atoms with Crippen LogP contribution in [0.5, 0.6) is 0 Å². The van der Waals surface area contributed by atoms with E-state index in [4.69, 9.17) is 5.11 Å². The van der Waals surface area contributed by atoms with Crippen LogP contribution in [-0.4, -0.2) is 11.1 Å². The highest BCUT2D eigenvalue weighted by atomic mass is 19.1. The van der Waals surface area contributed by atoms with Gasteiger partial charge in [-0.3, -0.25) is 0 Å². The van der Waals surface area contributed by atoms with E-state index in [1.807, 2.05) is 6.92 Å². The fourth-order valence-corrected chi connectivity index (χ4v) is 1.93. The van der Waals surface area contributed by atoms with Crippen molar-refractivity contribution in [3.63, 3.8) is 0 Å². The normalized spacial score (nSPS) is 10.4. The Kier molecular flexibility index (Phi) is 3.46. The Morgan fingerprint density at radius 3 is 2.42 bits per heavy atom. The second-order valence-electron chi connectivity index (χ2n) is 4.05. The summed E-state index contributed by atoms with van der Waals surface area (Å²) in [6.07, 6.45) is 0.578. The van der Waals surface area contributed by atoms with Gasteiger partial charge in [0, 0.05) is 17.2 Å². The highest BCUT2D eigenvalue weighted by Gasteiger charge is 2.22. The number of nitrogens with zero attached hydrogens (tertiary/aromatic N) is 1. The molecular formula is C14H12FNO3. The molecule has 0 radical (unpaired) electrons. The van der Waals surface area contributed by atoms with E-state index in [0.29, 0.717) is 22.3 Å². The summed E-state index contributed by atoms with van der Waals surface area (Å²) in [7, 11) is 0. The van der Waals surface area contributed by atoms with E-state index in [2.05, 4.69) is 0 Å². The van der Waals surface area contributed by atoms with Crippen molar-refractivity contribution in [2.75, 3.05) is 0 Å². The minimum Gasteiger partial charge on any atom is -0.618 e. The van der Waals surface area contributed by atoms with Gasteiger partial charge in [0.05, 0.1) is 0 Å². The molecule has 0 unspecified atom stereocenters. The van der Waals surface area contributed by atoms with Gasteiger partial charge in [0.25, 0.3) is 0 Å². The van der Waals surface area contributed by atoms with Crippen LogP contribution in [-0.2, 0) is 6.42 Å². The molecule has 0 aliphatic heterocycles. The first kappa shape index (κ1) is 13.0. The van der Waals surface area contributed by atoms with E-state index in [0.717, 1.165) is 0 Å². The van der Waals surface area contributed by atoms with Crippen molar-refractivity contribution in [2.45, 2.75) is 13.3 Å². The van der Waals surface area contributed by atoms with Gasteiger partial charge in [0.1, 0.15) is 5.82 Å². The number of hydrogen-bond donors (Lipinski definition) is 1. The molecule has 98 valence electrons. The first-order valence-corrected chi connectivity index (χ1v) is 5.79. The SMILES string of the molecule is CCc1ccc(C(=O)O)[n+]([O-])c1-c1ccc(F)cc1. The maximum absolute atomic E-state index is 12.9. The van der Waals surface area contributed by atoms with Gasteiger partial charge in [0.15, 0.2) is 0 Å². The third-order valence-corrected chi connectivity index (χ3v) is 2.89. The van der Waals surface area contributed by atoms with Gasteiger partial charge in [-0.05, 0) is 36.8 Å². The molecule has 1 aromatic carbocycles. The molecule has 0 amide bonds. The molecule has 0 atom stereocenters. The van der Waals surface area contributed by atoms with Crippen molar-refractivity contribution in [1.29, 1.82) is 0 Å². The van der Waals surface area contributed by atoms with E-state index >= 15 is 0 Å². The van der Waals surface area contributed by atoms with Crippen molar-refractivity contribution < 1.29 is 19.0 Å². The Morgan fingerprint density at radius 2 is 1.89 bits per heavy atom. The molecule has 4 nitrogen and oxygen atoms in total. The fraction of sp³-hybridized carbons (Fsp3) is 0.143. The Hall–Kier alpha value is -2.43. The van der Waals surface area contributed by atoms with Crippen molar-refractivity contribution >= 4 is 5.97 Å². The molecule has 0 saturated heterocycles. The van der Waals surface area contributed by atoms with Crippen molar-refractivity contribution in [3.05, 3.63) is 58.7 Å². The molecule has 1 heterocycles. The molecule has 0 aliphatic carbocycles. The summed E-state index contributed by atoms with van der Waals surface area (Å²) in [6.45, 7) is 1.86. The summed E-state index contributed by atoms with van der Waals surface area (Å²) in [6, 6.07) is 8.29. The van der Waals surface area contributed by atoms with Crippen LogP contribution in [0.15, 0.2) is 36.4 Å². The third-order valence-electron chi connectivity index (χ3n) is 2.89. The molecule has 0 spiro atoms. The molecule has 1 aromatic heterocycles. The maximum Gasteiger partial charge on any atom is 0.402 e. The maximum atomic E-state index is 12.9. The summed E-state index contributed by atoms with van der Waals surface area (Å²) < 4.78 is 13.3. The quantitative estimate of drug-likeness (QED) is 0.681. The molecule has 19 heavy (non-hydrogen) atoms. The molecule has 5 heteroatoms. The van der Waals surface area contributed by atoms with Crippen LogP contribution in [0.3, 0.4) is 0 Å². The number of carbonyl (C=O) groups is 1. The van der Waals surface area contributed by atoms with Crippen LogP contribution in [0.4, 0.5) is 4.39 Å².